The zero-order valence-electron chi connectivity index (χ0n) is 3.52. The van der Waals surface area contributed by atoms with Gasteiger partial charge in [0.05, 0.1) is 0 Å². The zero-order chi connectivity index (χ0) is 7.15. The normalized spacial score (nSPS) is 10.0. The fraction of sp³-hybridized carbons (Fsp3) is 0. The van der Waals surface area contributed by atoms with Crippen LogP contribution in [0.3, 0.4) is 0 Å². The third-order valence-corrected chi connectivity index (χ3v) is 0. The van der Waals surface area contributed by atoms with Crippen molar-refractivity contribution in [2.45, 2.75) is 0 Å². The van der Waals surface area contributed by atoms with Crippen LogP contribution >= 0.6 is 43.1 Å². The van der Waals surface area contributed by atoms with Gasteiger partial charge in [-0.15, -0.1) is 0 Å². The Kier molecular flexibility index (Phi) is 21.6. The second-order valence-corrected chi connectivity index (χ2v) is 2.17. The van der Waals surface area contributed by atoms with Gasteiger partial charge in [0.15, 0.2) is 0 Å². The average Bonchev–Trinajstić information content (AvgIpc) is 1.25. The summed E-state index contributed by atoms with van der Waals surface area (Å²) in [5.41, 5.74) is 0. The van der Waals surface area contributed by atoms with Crippen LogP contribution in [0.25, 0.3) is 0 Å². The molecule has 0 aromatic heterocycles. The standard InChI is InChI=1S/2F3I.H2O/c2*1-4(2)3;/h;;1H2. The van der Waals surface area contributed by atoms with E-state index in [0.29, 0.717) is 0 Å². The van der Waals surface area contributed by atoms with Crippen molar-refractivity contribution in [1.29, 1.82) is 0 Å². The van der Waals surface area contributed by atoms with Crippen molar-refractivity contribution < 1.29 is 22.6 Å². The summed E-state index contributed by atoms with van der Waals surface area (Å²) in [5, 5.41) is 0. The summed E-state index contributed by atoms with van der Waals surface area (Å²) in [4.78, 5) is 0. The first-order chi connectivity index (χ1) is 3.46. The summed E-state index contributed by atoms with van der Waals surface area (Å²) in [5.74, 6) is 0. The Hall–Kier alpha value is 1.000. The van der Waals surface area contributed by atoms with E-state index in [1.54, 1.807) is 0 Å². The number of halogens is 8. The minimum atomic E-state index is -4.76. The van der Waals surface area contributed by atoms with Gasteiger partial charge in [-0.05, 0) is 0 Å². The smallest absolute Gasteiger partial charge is 0.412 e. The number of hydrogen-bond donors (Lipinski definition) is 0. The third kappa shape index (κ3) is 441. The molecular weight excluding hydrogens is 384 g/mol. The quantitative estimate of drug-likeness (QED) is 0.452. The Bertz CT molecular complexity index is 26.5. The average molecular weight is 386 g/mol. The molecule has 0 rings (SSSR count). The van der Waals surface area contributed by atoms with E-state index in [1.807, 2.05) is 0 Å². The summed E-state index contributed by atoms with van der Waals surface area (Å²) in [6.45, 7) is 0. The predicted molar refractivity (Wildman–Crippen MR) is 38.3 cm³/mol. The van der Waals surface area contributed by atoms with E-state index in [4.69, 9.17) is 0 Å². The molecule has 0 aromatic rings. The molecular formula is H2F6I2O. The van der Waals surface area contributed by atoms with Gasteiger partial charge in [-0.25, -0.2) is 0 Å². The largest absolute Gasteiger partial charge is 0.412 e. The van der Waals surface area contributed by atoms with E-state index in [-0.39, 0.29) is 5.48 Å². The van der Waals surface area contributed by atoms with Crippen molar-refractivity contribution in [1.82, 2.24) is 0 Å². The van der Waals surface area contributed by atoms with Crippen molar-refractivity contribution >= 4 is 43.1 Å². The van der Waals surface area contributed by atoms with Gasteiger partial charge >= 0.3 is 60.2 Å². The second kappa shape index (κ2) is 11.8. The molecule has 0 aliphatic rings. The van der Waals surface area contributed by atoms with E-state index in [2.05, 4.69) is 0 Å². The van der Waals surface area contributed by atoms with Crippen LogP contribution in [0, 0.1) is 0 Å². The van der Waals surface area contributed by atoms with Crippen LogP contribution in [0.4, 0.5) is 17.2 Å². The minimum absolute atomic E-state index is 0. The fourth-order valence-corrected chi connectivity index (χ4v) is 0. The minimum Gasteiger partial charge on any atom is -0.412 e. The van der Waals surface area contributed by atoms with Crippen LogP contribution < -0.4 is 0 Å². The van der Waals surface area contributed by atoms with Crippen LogP contribution in [0.2, 0.25) is 0 Å². The Morgan fingerprint density at radius 1 is 0.556 bits per heavy atom. The maximum Gasteiger partial charge on any atom is -0.412 e. The topological polar surface area (TPSA) is 31.5 Å². The molecule has 9 heavy (non-hydrogen) atoms. The molecule has 0 aromatic carbocycles. The van der Waals surface area contributed by atoms with Gasteiger partial charge in [-0.3, -0.25) is 0 Å². The summed E-state index contributed by atoms with van der Waals surface area (Å²) < 4.78 is 58.9. The second-order valence-electron chi connectivity index (χ2n) is 0.324. The van der Waals surface area contributed by atoms with E-state index in [1.165, 1.54) is 0 Å². The van der Waals surface area contributed by atoms with Crippen molar-refractivity contribution in [2.75, 3.05) is 0 Å². The number of hydrogen-bond acceptors (Lipinski definition) is 0. The maximum atomic E-state index is 9.82. The van der Waals surface area contributed by atoms with Crippen LogP contribution in [0.1, 0.15) is 0 Å². The van der Waals surface area contributed by atoms with Gasteiger partial charge in [-0.2, -0.15) is 0 Å². The first-order valence-electron chi connectivity index (χ1n) is 0.857. The molecule has 0 aliphatic carbocycles. The molecule has 0 amide bonds. The molecule has 0 saturated heterocycles. The molecule has 0 spiro atoms. The molecule has 9 heteroatoms. The van der Waals surface area contributed by atoms with Gasteiger partial charge in [-0.1, -0.05) is 0 Å². The predicted octanol–water partition coefficient (Wildman–Crippen LogP) is 3.47. The van der Waals surface area contributed by atoms with E-state index in [9.17, 15) is 17.2 Å². The molecule has 0 bridgehead atoms. The van der Waals surface area contributed by atoms with E-state index >= 15 is 0 Å². The zero-order valence-corrected chi connectivity index (χ0v) is 7.84. The van der Waals surface area contributed by atoms with E-state index < -0.39 is 43.1 Å². The molecule has 0 saturated carbocycles. The van der Waals surface area contributed by atoms with Crippen molar-refractivity contribution in [3.8, 4) is 0 Å². The van der Waals surface area contributed by atoms with Crippen LogP contribution in [-0.2, 0) is 0 Å². The van der Waals surface area contributed by atoms with E-state index in [0.717, 1.165) is 0 Å². The monoisotopic (exact) mass is 386 g/mol. The molecule has 0 fully saturated rings. The Morgan fingerprint density at radius 2 is 0.556 bits per heavy atom. The third-order valence-electron chi connectivity index (χ3n) is 0. The molecule has 0 aliphatic heterocycles. The summed E-state index contributed by atoms with van der Waals surface area (Å²) in [7, 11) is 0. The van der Waals surface area contributed by atoms with Crippen LogP contribution in [-0.4, -0.2) is 5.48 Å². The van der Waals surface area contributed by atoms with Crippen molar-refractivity contribution in [3.05, 3.63) is 0 Å². The van der Waals surface area contributed by atoms with Crippen molar-refractivity contribution in [2.24, 2.45) is 0 Å². The first kappa shape index (κ1) is 16.5. The van der Waals surface area contributed by atoms with Crippen LogP contribution in [0.5, 0.6) is 0 Å². The molecule has 0 atom stereocenters. The Morgan fingerprint density at radius 3 is 0.556 bits per heavy atom. The number of rotatable bonds is 0. The summed E-state index contributed by atoms with van der Waals surface area (Å²) in [6.07, 6.45) is 0. The Balaban J connectivity index is -0.0000000720. The molecule has 0 unspecified atom stereocenters. The fourth-order valence-electron chi connectivity index (χ4n) is 0. The van der Waals surface area contributed by atoms with Gasteiger partial charge in [0.25, 0.3) is 0 Å². The van der Waals surface area contributed by atoms with Crippen LogP contribution in [0.15, 0.2) is 0 Å². The van der Waals surface area contributed by atoms with Gasteiger partial charge < -0.3 is 5.48 Å². The SMILES string of the molecule is FI(F)F.FI(F)F.O. The molecule has 64 valence electrons. The van der Waals surface area contributed by atoms with Gasteiger partial charge in [0, 0.05) is 0 Å². The first-order valence-corrected chi connectivity index (χ1v) is 5.75. The van der Waals surface area contributed by atoms with Gasteiger partial charge in [0.1, 0.15) is 0 Å². The molecule has 1 nitrogen and oxygen atoms in total. The van der Waals surface area contributed by atoms with Gasteiger partial charge in [0.2, 0.25) is 0 Å². The van der Waals surface area contributed by atoms with Crippen molar-refractivity contribution in [3.63, 3.8) is 0 Å². The summed E-state index contributed by atoms with van der Waals surface area (Å²) in [6, 6.07) is 0. The summed E-state index contributed by atoms with van der Waals surface area (Å²) >= 11 is -9.53. The maximum absolute atomic E-state index is 9.82. The molecule has 0 heterocycles. The Labute approximate surface area is 65.6 Å². The molecule has 0 radical (unpaired) electrons. The molecule has 2 N–H and O–H groups in total.